The van der Waals surface area contributed by atoms with Gasteiger partial charge in [0.1, 0.15) is 5.82 Å². The van der Waals surface area contributed by atoms with Gasteiger partial charge in [0.2, 0.25) is 0 Å². The van der Waals surface area contributed by atoms with Gasteiger partial charge in [-0.2, -0.15) is 13.2 Å². The number of hydrogen-bond donors (Lipinski definition) is 0. The Kier molecular flexibility index (Phi) is 7.66. The summed E-state index contributed by atoms with van der Waals surface area (Å²) in [7, 11) is 0. The number of anilines is 1. The zero-order valence-electron chi connectivity index (χ0n) is 21.0. The van der Waals surface area contributed by atoms with Crippen molar-refractivity contribution < 1.29 is 31.9 Å². The molecule has 0 saturated carbocycles. The van der Waals surface area contributed by atoms with E-state index in [0.29, 0.717) is 48.6 Å². The maximum absolute atomic E-state index is 13.2. The molecular weight excluding hydrogens is 546 g/mol. The topological polar surface area (TPSA) is 60.9 Å². The lowest BCUT2D eigenvalue weighted by Crippen LogP contribution is -2.48. The minimum atomic E-state index is -4.43. The molecule has 2 aliphatic rings. The summed E-state index contributed by atoms with van der Waals surface area (Å²) < 4.78 is 52.4. The Morgan fingerprint density at radius 3 is 2.30 bits per heavy atom. The van der Waals surface area contributed by atoms with Crippen molar-refractivity contribution in [1.82, 2.24) is 9.80 Å². The fourth-order valence-corrected chi connectivity index (χ4v) is 5.39. The van der Waals surface area contributed by atoms with Crippen LogP contribution in [0.5, 0.6) is 0 Å². The van der Waals surface area contributed by atoms with E-state index >= 15 is 0 Å². The summed E-state index contributed by atoms with van der Waals surface area (Å²) in [5.41, 5.74) is 1.32. The molecule has 3 aromatic rings. The number of alkyl halides is 3. The number of thioether (sulfide) groups is 1. The fourth-order valence-electron chi connectivity index (χ4n) is 4.55. The summed E-state index contributed by atoms with van der Waals surface area (Å²) in [5.74, 6) is -1.12. The first kappa shape index (κ1) is 27.4. The van der Waals surface area contributed by atoms with Crippen molar-refractivity contribution >= 4 is 40.6 Å². The molecule has 0 unspecified atom stereocenters. The van der Waals surface area contributed by atoms with E-state index in [1.54, 1.807) is 41.3 Å². The molecule has 40 heavy (non-hydrogen) atoms. The SMILES string of the molecule is O=C(c1cccc(/C=C2\SC(=O)N(Cc3ccc(F)cc3)C2=O)c1)N1CCN(c2cccc(C(F)(F)F)c2)CC1. The summed E-state index contributed by atoms with van der Waals surface area (Å²) in [5, 5.41) is -0.438. The highest BCUT2D eigenvalue weighted by molar-refractivity contribution is 8.18. The van der Waals surface area contributed by atoms with Crippen molar-refractivity contribution in [1.29, 1.82) is 0 Å². The van der Waals surface area contributed by atoms with Crippen molar-refractivity contribution in [2.45, 2.75) is 12.7 Å². The molecule has 2 aliphatic heterocycles. The van der Waals surface area contributed by atoms with Gasteiger partial charge in [-0.1, -0.05) is 30.3 Å². The van der Waals surface area contributed by atoms with Crippen LogP contribution in [0.3, 0.4) is 0 Å². The molecule has 3 aromatic carbocycles. The van der Waals surface area contributed by atoms with Gasteiger partial charge >= 0.3 is 6.18 Å². The summed E-state index contributed by atoms with van der Waals surface area (Å²) in [6.45, 7) is 1.46. The Balaban J connectivity index is 1.24. The number of carbonyl (C=O) groups excluding carboxylic acids is 3. The quantitative estimate of drug-likeness (QED) is 0.277. The fraction of sp³-hybridized carbons (Fsp3) is 0.207. The third-order valence-corrected chi connectivity index (χ3v) is 7.57. The average molecular weight is 570 g/mol. The number of imide groups is 1. The van der Waals surface area contributed by atoms with E-state index in [-0.39, 0.29) is 17.4 Å². The summed E-state index contributed by atoms with van der Waals surface area (Å²) in [4.78, 5) is 43.3. The highest BCUT2D eigenvalue weighted by atomic mass is 32.2. The van der Waals surface area contributed by atoms with Crippen LogP contribution in [-0.2, 0) is 17.5 Å². The van der Waals surface area contributed by atoms with Crippen LogP contribution in [0.1, 0.15) is 27.0 Å². The van der Waals surface area contributed by atoms with Crippen molar-refractivity contribution in [3.05, 3.63) is 106 Å². The normalized spacial score (nSPS) is 17.2. The maximum Gasteiger partial charge on any atom is 0.416 e. The Morgan fingerprint density at radius 2 is 1.60 bits per heavy atom. The lowest BCUT2D eigenvalue weighted by Gasteiger charge is -2.36. The molecule has 2 heterocycles. The van der Waals surface area contributed by atoms with E-state index in [1.165, 1.54) is 30.3 Å². The van der Waals surface area contributed by atoms with Crippen LogP contribution < -0.4 is 4.90 Å². The first-order chi connectivity index (χ1) is 19.1. The third kappa shape index (κ3) is 6.04. The number of halogens is 4. The van der Waals surface area contributed by atoms with Gasteiger partial charge in [0.05, 0.1) is 17.0 Å². The van der Waals surface area contributed by atoms with Crippen molar-refractivity contribution in [2.24, 2.45) is 0 Å². The molecule has 3 amide bonds. The van der Waals surface area contributed by atoms with Crippen LogP contribution in [0, 0.1) is 5.82 Å². The number of piperazine rings is 1. The van der Waals surface area contributed by atoms with Crippen LogP contribution in [-0.4, -0.2) is 53.0 Å². The first-order valence-electron chi connectivity index (χ1n) is 12.4. The molecule has 0 atom stereocenters. The molecule has 0 N–H and O–H groups in total. The molecule has 0 spiro atoms. The zero-order chi connectivity index (χ0) is 28.4. The standard InChI is InChI=1S/C29H23F4N3O3S/c30-23-9-7-19(8-10-23)18-36-27(38)25(40-28(36)39)16-20-3-1-4-21(15-20)26(37)35-13-11-34(12-14-35)24-6-2-5-22(17-24)29(31,32)33/h1-10,15-17H,11-14,18H2/b25-16-. The van der Waals surface area contributed by atoms with Gasteiger partial charge in [0.15, 0.2) is 0 Å². The molecule has 2 saturated heterocycles. The van der Waals surface area contributed by atoms with E-state index < -0.39 is 28.7 Å². The zero-order valence-corrected chi connectivity index (χ0v) is 21.8. The number of carbonyl (C=O) groups is 3. The Bertz CT molecular complexity index is 1480. The largest absolute Gasteiger partial charge is 0.416 e. The van der Waals surface area contributed by atoms with Gasteiger partial charge in [0, 0.05) is 37.4 Å². The van der Waals surface area contributed by atoms with Gasteiger partial charge in [-0.25, -0.2) is 4.39 Å². The second-order valence-corrected chi connectivity index (χ2v) is 10.3. The van der Waals surface area contributed by atoms with Gasteiger partial charge in [-0.15, -0.1) is 0 Å². The Morgan fingerprint density at radius 1 is 0.900 bits per heavy atom. The van der Waals surface area contributed by atoms with E-state index in [0.717, 1.165) is 28.8 Å². The van der Waals surface area contributed by atoms with Gasteiger partial charge in [-0.05, 0) is 71.4 Å². The number of rotatable bonds is 5. The van der Waals surface area contributed by atoms with E-state index in [2.05, 4.69) is 0 Å². The molecule has 5 rings (SSSR count). The lowest BCUT2D eigenvalue weighted by molar-refractivity contribution is -0.137. The summed E-state index contributed by atoms with van der Waals surface area (Å²) in [6, 6.07) is 17.4. The van der Waals surface area contributed by atoms with E-state index in [1.807, 2.05) is 4.90 Å². The molecule has 11 heteroatoms. The van der Waals surface area contributed by atoms with E-state index in [4.69, 9.17) is 0 Å². The second-order valence-electron chi connectivity index (χ2n) is 9.35. The van der Waals surface area contributed by atoms with Gasteiger partial charge in [-0.3, -0.25) is 19.3 Å². The molecule has 2 fully saturated rings. The van der Waals surface area contributed by atoms with Crippen LogP contribution in [0.4, 0.5) is 28.0 Å². The van der Waals surface area contributed by atoms with Gasteiger partial charge < -0.3 is 9.80 Å². The van der Waals surface area contributed by atoms with Crippen molar-refractivity contribution in [3.63, 3.8) is 0 Å². The van der Waals surface area contributed by atoms with Crippen LogP contribution in [0.15, 0.2) is 77.7 Å². The number of amides is 3. The minimum Gasteiger partial charge on any atom is -0.368 e. The third-order valence-electron chi connectivity index (χ3n) is 6.66. The van der Waals surface area contributed by atoms with Crippen LogP contribution in [0.25, 0.3) is 6.08 Å². The monoisotopic (exact) mass is 569 g/mol. The Hall–Kier alpha value is -4.12. The van der Waals surface area contributed by atoms with Crippen LogP contribution >= 0.6 is 11.8 Å². The molecule has 0 aromatic heterocycles. The maximum atomic E-state index is 13.2. The van der Waals surface area contributed by atoms with Crippen molar-refractivity contribution in [3.8, 4) is 0 Å². The molecule has 206 valence electrons. The van der Waals surface area contributed by atoms with Gasteiger partial charge in [0.25, 0.3) is 17.1 Å². The molecule has 0 radical (unpaired) electrons. The molecular formula is C29H23F4N3O3S. The minimum absolute atomic E-state index is 0.0211. The second kappa shape index (κ2) is 11.2. The average Bonchev–Trinajstić information content (AvgIpc) is 3.21. The molecule has 0 aliphatic carbocycles. The highest BCUT2D eigenvalue weighted by Gasteiger charge is 2.35. The molecule has 6 nitrogen and oxygen atoms in total. The number of hydrogen-bond acceptors (Lipinski definition) is 5. The number of nitrogens with zero attached hydrogens (tertiary/aromatic N) is 3. The highest BCUT2D eigenvalue weighted by Crippen LogP contribution is 2.34. The summed E-state index contributed by atoms with van der Waals surface area (Å²) in [6.07, 6.45) is -2.87. The number of benzene rings is 3. The molecule has 0 bridgehead atoms. The van der Waals surface area contributed by atoms with Crippen molar-refractivity contribution in [2.75, 3.05) is 31.1 Å². The smallest absolute Gasteiger partial charge is 0.368 e. The predicted molar refractivity (Wildman–Crippen MR) is 144 cm³/mol. The predicted octanol–water partition coefficient (Wildman–Crippen LogP) is 6.04. The lowest BCUT2D eigenvalue weighted by atomic mass is 10.1. The van der Waals surface area contributed by atoms with Crippen LogP contribution in [0.2, 0.25) is 0 Å². The van der Waals surface area contributed by atoms with E-state index in [9.17, 15) is 31.9 Å². The summed E-state index contributed by atoms with van der Waals surface area (Å²) >= 11 is 0.795. The Labute approximate surface area is 231 Å². The first-order valence-corrected chi connectivity index (χ1v) is 13.2.